The molecular formula is C11H5F7O2. The van der Waals surface area contributed by atoms with Gasteiger partial charge < -0.3 is 4.74 Å². The van der Waals surface area contributed by atoms with Gasteiger partial charge in [0.05, 0.1) is 5.56 Å². The highest BCUT2D eigenvalue weighted by molar-refractivity contribution is 5.80. The van der Waals surface area contributed by atoms with Crippen LogP contribution in [-0.4, -0.2) is 12.1 Å². The molecule has 0 bridgehead atoms. The van der Waals surface area contributed by atoms with Gasteiger partial charge in [-0.15, -0.1) is 0 Å². The monoisotopic (exact) mass is 302 g/mol. The summed E-state index contributed by atoms with van der Waals surface area (Å²) in [6.45, 7) is 4.03. The zero-order valence-corrected chi connectivity index (χ0v) is 9.67. The van der Waals surface area contributed by atoms with Crippen LogP contribution in [0.2, 0.25) is 0 Å². The van der Waals surface area contributed by atoms with Crippen molar-refractivity contribution >= 4 is 11.5 Å². The first kappa shape index (κ1) is 16.0. The first-order valence-electron chi connectivity index (χ1n) is 4.79. The van der Waals surface area contributed by atoms with Crippen molar-refractivity contribution in [1.82, 2.24) is 0 Å². The van der Waals surface area contributed by atoms with Gasteiger partial charge in [-0.05, 0) is 12.5 Å². The Morgan fingerprint density at radius 2 is 1.45 bits per heavy atom. The second-order valence-electron chi connectivity index (χ2n) is 3.63. The van der Waals surface area contributed by atoms with E-state index in [-0.39, 0.29) is 0 Å². The third-order valence-corrected chi connectivity index (χ3v) is 2.08. The summed E-state index contributed by atoms with van der Waals surface area (Å²) in [7, 11) is 0. The zero-order chi connectivity index (χ0) is 15.8. The van der Waals surface area contributed by atoms with Gasteiger partial charge in [0.1, 0.15) is 0 Å². The Morgan fingerprint density at radius 3 is 1.85 bits per heavy atom. The van der Waals surface area contributed by atoms with Crippen molar-refractivity contribution in [3.8, 4) is 5.75 Å². The molecule has 110 valence electrons. The highest BCUT2D eigenvalue weighted by Gasteiger charge is 2.43. The molecule has 0 amide bonds. The SMILES string of the molecule is C=C(C)c1c(F)c(F)c(F)c(F)c1OC(=O)C(F)(F)F. The molecule has 0 fully saturated rings. The molecule has 1 aromatic carbocycles. The number of rotatable bonds is 2. The maximum atomic E-state index is 13.4. The van der Waals surface area contributed by atoms with E-state index in [2.05, 4.69) is 11.3 Å². The summed E-state index contributed by atoms with van der Waals surface area (Å²) in [6.07, 6.45) is -5.53. The molecule has 1 rings (SSSR count). The van der Waals surface area contributed by atoms with E-state index in [1.807, 2.05) is 0 Å². The molecule has 0 heterocycles. The smallest absolute Gasteiger partial charge is 0.416 e. The molecule has 0 aliphatic carbocycles. The minimum absolute atomic E-state index is 0.467. The fourth-order valence-electron chi connectivity index (χ4n) is 1.24. The Labute approximate surface area is 107 Å². The Bertz CT molecular complexity index is 590. The number of allylic oxidation sites excluding steroid dienone is 1. The second kappa shape index (κ2) is 5.14. The number of hydrogen-bond donors (Lipinski definition) is 0. The molecule has 0 unspecified atom stereocenters. The van der Waals surface area contributed by atoms with Crippen LogP contribution < -0.4 is 4.74 Å². The van der Waals surface area contributed by atoms with E-state index in [0.717, 1.165) is 6.92 Å². The van der Waals surface area contributed by atoms with Gasteiger partial charge in [-0.3, -0.25) is 0 Å². The third kappa shape index (κ3) is 2.75. The summed E-state index contributed by atoms with van der Waals surface area (Å²) >= 11 is 0. The summed E-state index contributed by atoms with van der Waals surface area (Å²) in [4.78, 5) is 10.6. The average Bonchev–Trinajstić information content (AvgIpc) is 2.31. The van der Waals surface area contributed by atoms with Crippen LogP contribution in [0.1, 0.15) is 12.5 Å². The first-order chi connectivity index (χ1) is 8.98. The minimum Gasteiger partial charge on any atom is -0.416 e. The third-order valence-electron chi connectivity index (χ3n) is 2.08. The lowest BCUT2D eigenvalue weighted by molar-refractivity contribution is -0.189. The fourth-order valence-corrected chi connectivity index (χ4v) is 1.24. The molecule has 1 aromatic rings. The molecule has 20 heavy (non-hydrogen) atoms. The summed E-state index contributed by atoms with van der Waals surface area (Å²) in [5.74, 6) is -13.6. The molecule has 0 spiro atoms. The van der Waals surface area contributed by atoms with E-state index in [4.69, 9.17) is 0 Å². The molecular weight excluding hydrogens is 297 g/mol. The van der Waals surface area contributed by atoms with Crippen LogP contribution in [0.3, 0.4) is 0 Å². The van der Waals surface area contributed by atoms with E-state index in [9.17, 15) is 35.5 Å². The van der Waals surface area contributed by atoms with Crippen molar-refractivity contribution in [1.29, 1.82) is 0 Å². The quantitative estimate of drug-likeness (QED) is 0.273. The van der Waals surface area contributed by atoms with Crippen molar-refractivity contribution in [2.45, 2.75) is 13.1 Å². The van der Waals surface area contributed by atoms with Crippen LogP contribution in [-0.2, 0) is 4.79 Å². The minimum atomic E-state index is -5.53. The number of esters is 1. The molecule has 0 N–H and O–H groups in total. The number of carbonyl (C=O) groups excluding carboxylic acids is 1. The molecule has 0 aliphatic rings. The van der Waals surface area contributed by atoms with Crippen LogP contribution in [0.4, 0.5) is 30.7 Å². The fraction of sp³-hybridized carbons (Fsp3) is 0.182. The molecule has 0 aromatic heterocycles. The van der Waals surface area contributed by atoms with Gasteiger partial charge in [-0.1, -0.05) is 6.58 Å². The molecule has 2 nitrogen and oxygen atoms in total. The van der Waals surface area contributed by atoms with E-state index >= 15 is 0 Å². The van der Waals surface area contributed by atoms with Crippen molar-refractivity contribution in [2.24, 2.45) is 0 Å². The molecule has 0 saturated heterocycles. The Balaban J connectivity index is 3.53. The summed E-state index contributed by atoms with van der Waals surface area (Å²) < 4.78 is 92.2. The van der Waals surface area contributed by atoms with Gasteiger partial charge in [0.2, 0.25) is 11.6 Å². The second-order valence-corrected chi connectivity index (χ2v) is 3.63. The van der Waals surface area contributed by atoms with Crippen LogP contribution in [0, 0.1) is 23.3 Å². The van der Waals surface area contributed by atoms with E-state index in [0.29, 0.717) is 0 Å². The lowest BCUT2D eigenvalue weighted by atomic mass is 10.1. The largest absolute Gasteiger partial charge is 0.491 e. The van der Waals surface area contributed by atoms with E-state index < -0.39 is 52.3 Å². The van der Waals surface area contributed by atoms with Gasteiger partial charge in [0, 0.05) is 0 Å². The van der Waals surface area contributed by atoms with Crippen LogP contribution in [0.15, 0.2) is 6.58 Å². The number of hydrogen-bond acceptors (Lipinski definition) is 2. The normalized spacial score (nSPS) is 11.4. The maximum Gasteiger partial charge on any atom is 0.491 e. The van der Waals surface area contributed by atoms with Gasteiger partial charge in [-0.25, -0.2) is 18.0 Å². The van der Waals surface area contributed by atoms with Gasteiger partial charge >= 0.3 is 12.1 Å². The zero-order valence-electron chi connectivity index (χ0n) is 9.67. The lowest BCUT2D eigenvalue weighted by Crippen LogP contribution is -2.29. The van der Waals surface area contributed by atoms with Crippen molar-refractivity contribution in [2.75, 3.05) is 0 Å². The molecule has 0 atom stereocenters. The van der Waals surface area contributed by atoms with Gasteiger partial charge in [0.25, 0.3) is 0 Å². The molecule has 0 saturated carbocycles. The molecule has 0 radical (unpaired) electrons. The average molecular weight is 302 g/mol. The Kier molecular flexibility index (Phi) is 4.11. The number of ether oxygens (including phenoxy) is 1. The Hall–Kier alpha value is -2.06. The standard InChI is InChI=1S/C11H5F7O2/c1-3(2)4-5(12)6(13)7(14)8(15)9(4)20-10(19)11(16,17)18/h1H2,2H3. The number of halogens is 7. The van der Waals surface area contributed by atoms with Crippen LogP contribution in [0.5, 0.6) is 5.75 Å². The van der Waals surface area contributed by atoms with Crippen molar-refractivity contribution in [3.05, 3.63) is 35.4 Å². The number of alkyl halides is 3. The van der Waals surface area contributed by atoms with Gasteiger partial charge in [0.15, 0.2) is 17.4 Å². The summed E-state index contributed by atoms with van der Waals surface area (Å²) in [6, 6.07) is 0. The Morgan fingerprint density at radius 1 is 1.00 bits per heavy atom. The lowest BCUT2D eigenvalue weighted by Gasteiger charge is -2.14. The van der Waals surface area contributed by atoms with E-state index in [1.54, 1.807) is 0 Å². The van der Waals surface area contributed by atoms with E-state index in [1.165, 1.54) is 0 Å². The number of carbonyl (C=O) groups is 1. The number of benzene rings is 1. The van der Waals surface area contributed by atoms with Crippen molar-refractivity contribution < 1.29 is 40.3 Å². The van der Waals surface area contributed by atoms with Crippen molar-refractivity contribution in [3.63, 3.8) is 0 Å². The first-order valence-corrected chi connectivity index (χ1v) is 4.79. The van der Waals surface area contributed by atoms with Crippen LogP contribution >= 0.6 is 0 Å². The topological polar surface area (TPSA) is 26.3 Å². The highest BCUT2D eigenvalue weighted by Crippen LogP contribution is 2.35. The van der Waals surface area contributed by atoms with Crippen LogP contribution in [0.25, 0.3) is 5.57 Å². The maximum absolute atomic E-state index is 13.4. The predicted octanol–water partition coefficient (Wildman–Crippen LogP) is 3.74. The summed E-state index contributed by atoms with van der Waals surface area (Å²) in [5.41, 5.74) is -1.66. The molecule has 9 heteroatoms. The highest BCUT2D eigenvalue weighted by atomic mass is 19.4. The summed E-state index contributed by atoms with van der Waals surface area (Å²) in [5, 5.41) is 0. The predicted molar refractivity (Wildman–Crippen MR) is 52.7 cm³/mol. The molecule has 0 aliphatic heterocycles. The van der Waals surface area contributed by atoms with Gasteiger partial charge in [-0.2, -0.15) is 17.6 Å².